The van der Waals surface area contributed by atoms with Crippen molar-refractivity contribution in [1.82, 2.24) is 10.6 Å². The number of guanidine groups is 1. The van der Waals surface area contributed by atoms with E-state index in [2.05, 4.69) is 27.0 Å². The van der Waals surface area contributed by atoms with Crippen LogP contribution in [0, 0.1) is 0 Å². The molecule has 27 heavy (non-hydrogen) atoms. The first-order valence-corrected chi connectivity index (χ1v) is 9.29. The molecule has 6 heteroatoms. The number of carbonyl (C=O) groups is 1. The average molecular weight is 366 g/mol. The Morgan fingerprint density at radius 1 is 1.15 bits per heavy atom. The maximum absolute atomic E-state index is 12.0. The molecule has 0 spiro atoms. The third-order valence-corrected chi connectivity index (χ3v) is 4.66. The highest BCUT2D eigenvalue weighted by Crippen LogP contribution is 2.31. The molecule has 4 N–H and O–H groups in total. The lowest BCUT2D eigenvalue weighted by molar-refractivity contribution is -0.116. The van der Waals surface area contributed by atoms with E-state index in [1.807, 2.05) is 49.4 Å². The summed E-state index contributed by atoms with van der Waals surface area (Å²) >= 11 is 0. The highest BCUT2D eigenvalue weighted by molar-refractivity contribution is 5.94. The van der Waals surface area contributed by atoms with E-state index in [-0.39, 0.29) is 18.4 Å². The van der Waals surface area contributed by atoms with Gasteiger partial charge in [-0.15, -0.1) is 0 Å². The van der Waals surface area contributed by atoms with Crippen LogP contribution < -0.4 is 16.0 Å². The number of aliphatic hydroxyl groups excluding tert-OH is 1. The molecule has 1 aliphatic heterocycles. The number of para-hydroxylation sites is 1. The fourth-order valence-electron chi connectivity index (χ4n) is 3.28. The monoisotopic (exact) mass is 366 g/mol. The van der Waals surface area contributed by atoms with E-state index in [9.17, 15) is 9.90 Å². The van der Waals surface area contributed by atoms with Crippen molar-refractivity contribution in [3.63, 3.8) is 0 Å². The van der Waals surface area contributed by atoms with Crippen molar-refractivity contribution in [2.24, 2.45) is 4.99 Å². The van der Waals surface area contributed by atoms with Crippen LogP contribution in [0.25, 0.3) is 0 Å². The van der Waals surface area contributed by atoms with Gasteiger partial charge in [-0.2, -0.15) is 0 Å². The van der Waals surface area contributed by atoms with E-state index in [1.165, 1.54) is 0 Å². The molecule has 6 nitrogen and oxygen atoms in total. The minimum atomic E-state index is 0.00360. The molecule has 0 bridgehead atoms. The van der Waals surface area contributed by atoms with Crippen LogP contribution >= 0.6 is 0 Å². The van der Waals surface area contributed by atoms with Gasteiger partial charge in [0.1, 0.15) is 0 Å². The number of rotatable bonds is 6. The van der Waals surface area contributed by atoms with Gasteiger partial charge in [-0.3, -0.25) is 4.79 Å². The van der Waals surface area contributed by atoms with Gasteiger partial charge in [-0.25, -0.2) is 4.99 Å². The summed E-state index contributed by atoms with van der Waals surface area (Å²) in [5, 5.41) is 19.0. The van der Waals surface area contributed by atoms with Crippen molar-refractivity contribution < 1.29 is 9.90 Å². The molecule has 2 aromatic rings. The van der Waals surface area contributed by atoms with Gasteiger partial charge in [-0.05, 0) is 29.7 Å². The fraction of sp³-hybridized carbons (Fsp3) is 0.333. The minimum absolute atomic E-state index is 0.00360. The van der Waals surface area contributed by atoms with Gasteiger partial charge < -0.3 is 21.1 Å². The Bertz CT molecular complexity index is 819. The molecule has 142 valence electrons. The van der Waals surface area contributed by atoms with Gasteiger partial charge in [0.25, 0.3) is 0 Å². The molecule has 0 aromatic heterocycles. The lowest BCUT2D eigenvalue weighted by Gasteiger charge is -2.26. The third kappa shape index (κ3) is 4.86. The number of nitrogens with one attached hydrogen (secondary N) is 3. The second kappa shape index (κ2) is 9.19. The predicted molar refractivity (Wildman–Crippen MR) is 108 cm³/mol. The van der Waals surface area contributed by atoms with E-state index in [1.54, 1.807) is 0 Å². The van der Waals surface area contributed by atoms with Gasteiger partial charge in [0.2, 0.25) is 5.91 Å². The van der Waals surface area contributed by atoms with Crippen molar-refractivity contribution in [2.45, 2.75) is 32.4 Å². The smallest absolute Gasteiger partial charge is 0.225 e. The van der Waals surface area contributed by atoms with E-state index in [0.717, 1.165) is 28.9 Å². The summed E-state index contributed by atoms with van der Waals surface area (Å²) in [6.07, 6.45) is 0.455. The standard InChI is InChI=1S/C21H26N4O2/c1-2-22-21(23-12-15-7-3-4-8-16(15)14-26)24-13-17-11-20(27)25-19-10-6-5-9-18(17)19/h3-10,17,26H,2,11-14H2,1H3,(H,25,27)(H2,22,23,24). The van der Waals surface area contributed by atoms with Crippen molar-refractivity contribution in [3.8, 4) is 0 Å². The van der Waals surface area contributed by atoms with Crippen LogP contribution in [-0.2, 0) is 17.9 Å². The fourth-order valence-corrected chi connectivity index (χ4v) is 3.28. The zero-order valence-corrected chi connectivity index (χ0v) is 15.5. The summed E-state index contributed by atoms with van der Waals surface area (Å²) in [4.78, 5) is 16.6. The molecular formula is C21H26N4O2. The third-order valence-electron chi connectivity index (χ3n) is 4.66. The van der Waals surface area contributed by atoms with E-state index in [4.69, 9.17) is 0 Å². The molecule has 1 amide bonds. The number of nitrogens with zero attached hydrogens (tertiary/aromatic N) is 1. The summed E-state index contributed by atoms with van der Waals surface area (Å²) < 4.78 is 0. The van der Waals surface area contributed by atoms with Crippen LogP contribution in [-0.4, -0.2) is 30.1 Å². The van der Waals surface area contributed by atoms with Gasteiger partial charge in [0.15, 0.2) is 5.96 Å². The molecule has 0 radical (unpaired) electrons. The quantitative estimate of drug-likeness (QED) is 0.467. The molecule has 1 atom stereocenters. The first-order valence-electron chi connectivity index (χ1n) is 9.29. The Kier molecular flexibility index (Phi) is 6.44. The minimum Gasteiger partial charge on any atom is -0.392 e. The van der Waals surface area contributed by atoms with E-state index < -0.39 is 0 Å². The number of benzene rings is 2. The summed E-state index contributed by atoms with van der Waals surface area (Å²) in [5.74, 6) is 0.844. The molecule has 1 aliphatic rings. The SMILES string of the molecule is CCNC(=NCc1ccccc1CO)NCC1CC(=O)Nc2ccccc21. The lowest BCUT2D eigenvalue weighted by Crippen LogP contribution is -2.40. The number of aliphatic imine (C=N–C) groups is 1. The van der Waals surface area contributed by atoms with E-state index >= 15 is 0 Å². The van der Waals surface area contributed by atoms with Crippen LogP contribution in [0.1, 0.15) is 36.0 Å². The summed E-state index contributed by atoms with van der Waals surface area (Å²) in [6, 6.07) is 15.7. The molecule has 0 saturated carbocycles. The Morgan fingerprint density at radius 3 is 2.67 bits per heavy atom. The molecule has 1 heterocycles. The highest BCUT2D eigenvalue weighted by Gasteiger charge is 2.24. The van der Waals surface area contributed by atoms with Gasteiger partial charge in [-0.1, -0.05) is 42.5 Å². The molecule has 2 aromatic carbocycles. The van der Waals surface area contributed by atoms with Crippen LogP contribution in [0.4, 0.5) is 5.69 Å². The molecule has 0 saturated heterocycles. The molecule has 3 rings (SSSR count). The number of fused-ring (bicyclic) bond motifs is 1. The maximum atomic E-state index is 12.0. The van der Waals surface area contributed by atoms with Crippen LogP contribution in [0.3, 0.4) is 0 Å². The van der Waals surface area contributed by atoms with Gasteiger partial charge >= 0.3 is 0 Å². The lowest BCUT2D eigenvalue weighted by atomic mass is 9.90. The number of carbonyl (C=O) groups excluding carboxylic acids is 1. The van der Waals surface area contributed by atoms with Crippen molar-refractivity contribution in [1.29, 1.82) is 0 Å². The number of hydrogen-bond donors (Lipinski definition) is 4. The van der Waals surface area contributed by atoms with Crippen LogP contribution in [0.2, 0.25) is 0 Å². The zero-order chi connectivity index (χ0) is 19.1. The van der Waals surface area contributed by atoms with Gasteiger partial charge in [0, 0.05) is 31.1 Å². The van der Waals surface area contributed by atoms with Crippen molar-refractivity contribution in [3.05, 3.63) is 65.2 Å². The molecule has 1 unspecified atom stereocenters. The van der Waals surface area contributed by atoms with Crippen LogP contribution in [0.15, 0.2) is 53.5 Å². The summed E-state index contributed by atoms with van der Waals surface area (Å²) in [6.45, 7) is 3.87. The Morgan fingerprint density at radius 2 is 1.89 bits per heavy atom. The topological polar surface area (TPSA) is 85.8 Å². The van der Waals surface area contributed by atoms with E-state index in [0.29, 0.717) is 25.5 Å². The number of anilines is 1. The second-order valence-corrected chi connectivity index (χ2v) is 6.54. The van der Waals surface area contributed by atoms with Gasteiger partial charge in [0.05, 0.1) is 13.2 Å². The second-order valence-electron chi connectivity index (χ2n) is 6.54. The Balaban J connectivity index is 1.69. The largest absolute Gasteiger partial charge is 0.392 e. The Labute approximate surface area is 159 Å². The Hall–Kier alpha value is -2.86. The predicted octanol–water partition coefficient (Wildman–Crippen LogP) is 2.36. The summed E-state index contributed by atoms with van der Waals surface area (Å²) in [5.41, 5.74) is 3.92. The van der Waals surface area contributed by atoms with Crippen LogP contribution in [0.5, 0.6) is 0 Å². The van der Waals surface area contributed by atoms with Crippen molar-refractivity contribution in [2.75, 3.05) is 18.4 Å². The first-order chi connectivity index (χ1) is 13.2. The molecule has 0 fully saturated rings. The maximum Gasteiger partial charge on any atom is 0.225 e. The first kappa shape index (κ1) is 18.9. The molecule has 0 aliphatic carbocycles. The highest BCUT2D eigenvalue weighted by atomic mass is 16.3. The summed E-state index contributed by atoms with van der Waals surface area (Å²) in [7, 11) is 0. The number of amides is 1. The number of hydrogen-bond acceptors (Lipinski definition) is 3. The average Bonchev–Trinajstić information content (AvgIpc) is 2.70. The zero-order valence-electron chi connectivity index (χ0n) is 15.5. The van der Waals surface area contributed by atoms with Crippen molar-refractivity contribution >= 4 is 17.6 Å². The normalized spacial score (nSPS) is 16.4. The number of aliphatic hydroxyl groups is 1. The molecular weight excluding hydrogens is 340 g/mol.